The van der Waals surface area contributed by atoms with Gasteiger partial charge in [0.1, 0.15) is 23.3 Å². The minimum absolute atomic E-state index is 0.174. The van der Waals surface area contributed by atoms with Gasteiger partial charge in [-0.15, -0.1) is 0 Å². The molecule has 0 aliphatic rings. The Morgan fingerprint density at radius 1 is 0.931 bits per heavy atom. The second-order valence-electron chi connectivity index (χ2n) is 6.26. The first-order chi connectivity index (χ1) is 14.0. The van der Waals surface area contributed by atoms with Crippen LogP contribution >= 0.6 is 11.6 Å². The highest BCUT2D eigenvalue weighted by Crippen LogP contribution is 2.25. The molecule has 29 heavy (non-hydrogen) atoms. The zero-order valence-corrected chi connectivity index (χ0v) is 16.1. The molecule has 144 valence electrons. The van der Waals surface area contributed by atoms with E-state index in [1.807, 2.05) is 0 Å². The topological polar surface area (TPSA) is 65.7 Å². The highest BCUT2D eigenvalue weighted by atomic mass is 35.5. The first kappa shape index (κ1) is 18.8. The van der Waals surface area contributed by atoms with Gasteiger partial charge in [0.15, 0.2) is 5.43 Å². The lowest BCUT2D eigenvalue weighted by Gasteiger charge is -2.07. The third-order valence-electron chi connectivity index (χ3n) is 4.44. The molecule has 0 N–H and O–H groups in total. The van der Waals surface area contributed by atoms with E-state index >= 15 is 0 Å². The van der Waals surface area contributed by atoms with Crippen molar-refractivity contribution in [3.63, 3.8) is 0 Å². The van der Waals surface area contributed by atoms with Crippen LogP contribution < -0.4 is 14.9 Å². The number of benzene rings is 3. The number of methoxy groups -OCH3 is 1. The third kappa shape index (κ3) is 3.86. The van der Waals surface area contributed by atoms with Crippen LogP contribution in [0.1, 0.15) is 10.4 Å². The molecule has 3 aromatic carbocycles. The molecule has 0 amide bonds. The maximum Gasteiger partial charge on any atom is 0.343 e. The van der Waals surface area contributed by atoms with E-state index in [0.29, 0.717) is 32.9 Å². The summed E-state index contributed by atoms with van der Waals surface area (Å²) in [6.07, 6.45) is 1.40. The van der Waals surface area contributed by atoms with E-state index < -0.39 is 5.97 Å². The lowest BCUT2D eigenvalue weighted by molar-refractivity contribution is 0.0735. The average Bonchev–Trinajstić information content (AvgIpc) is 2.74. The SMILES string of the molecule is COc1ccc(-c2coc3cc(OC(=O)c4ccc(Cl)cc4)ccc3c2=O)cc1. The molecule has 0 aliphatic heterocycles. The number of rotatable bonds is 4. The van der Waals surface area contributed by atoms with E-state index in [4.69, 9.17) is 25.5 Å². The Bertz CT molecular complexity index is 1240. The van der Waals surface area contributed by atoms with Crippen LogP contribution in [-0.4, -0.2) is 13.1 Å². The number of esters is 1. The zero-order valence-electron chi connectivity index (χ0n) is 15.3. The van der Waals surface area contributed by atoms with Crippen LogP contribution in [0.5, 0.6) is 11.5 Å². The Kier molecular flexibility index (Phi) is 5.06. The normalized spacial score (nSPS) is 10.7. The summed E-state index contributed by atoms with van der Waals surface area (Å²) in [7, 11) is 1.58. The minimum Gasteiger partial charge on any atom is -0.497 e. The van der Waals surface area contributed by atoms with Gasteiger partial charge in [0.25, 0.3) is 0 Å². The fraction of sp³-hybridized carbons (Fsp3) is 0.0435. The smallest absolute Gasteiger partial charge is 0.343 e. The highest BCUT2D eigenvalue weighted by molar-refractivity contribution is 6.30. The Labute approximate surface area is 171 Å². The largest absolute Gasteiger partial charge is 0.497 e. The van der Waals surface area contributed by atoms with E-state index in [1.54, 1.807) is 67.8 Å². The molecule has 4 rings (SSSR count). The molecular formula is C23H15ClO5. The van der Waals surface area contributed by atoms with E-state index in [0.717, 1.165) is 5.56 Å². The van der Waals surface area contributed by atoms with Crippen molar-refractivity contribution in [2.75, 3.05) is 7.11 Å². The van der Waals surface area contributed by atoms with Crippen molar-refractivity contribution >= 4 is 28.5 Å². The predicted octanol–water partition coefficient (Wildman–Crippen LogP) is 5.34. The number of fused-ring (bicyclic) bond motifs is 1. The Morgan fingerprint density at radius 3 is 2.31 bits per heavy atom. The predicted molar refractivity (Wildman–Crippen MR) is 111 cm³/mol. The monoisotopic (exact) mass is 406 g/mol. The molecular weight excluding hydrogens is 392 g/mol. The molecule has 0 atom stereocenters. The van der Waals surface area contributed by atoms with Crippen molar-refractivity contribution in [1.82, 2.24) is 0 Å². The van der Waals surface area contributed by atoms with Gasteiger partial charge >= 0.3 is 5.97 Å². The van der Waals surface area contributed by atoms with Gasteiger partial charge in [-0.3, -0.25) is 4.79 Å². The molecule has 1 heterocycles. The number of ether oxygens (including phenoxy) is 2. The maximum absolute atomic E-state index is 12.9. The number of carbonyl (C=O) groups is 1. The van der Waals surface area contributed by atoms with Gasteiger partial charge in [-0.2, -0.15) is 0 Å². The van der Waals surface area contributed by atoms with E-state index in [-0.39, 0.29) is 11.2 Å². The van der Waals surface area contributed by atoms with Crippen molar-refractivity contribution in [2.45, 2.75) is 0 Å². The van der Waals surface area contributed by atoms with Gasteiger partial charge in [0.2, 0.25) is 0 Å². The minimum atomic E-state index is -0.529. The molecule has 0 saturated heterocycles. The van der Waals surface area contributed by atoms with Crippen LogP contribution in [0.3, 0.4) is 0 Å². The molecule has 0 radical (unpaired) electrons. The molecule has 0 aliphatic carbocycles. The van der Waals surface area contributed by atoms with Crippen LogP contribution in [0, 0.1) is 0 Å². The highest BCUT2D eigenvalue weighted by Gasteiger charge is 2.13. The van der Waals surface area contributed by atoms with Crippen LogP contribution in [0.4, 0.5) is 0 Å². The molecule has 1 aromatic heterocycles. The molecule has 4 aromatic rings. The van der Waals surface area contributed by atoms with Gasteiger partial charge in [0.05, 0.1) is 23.6 Å². The number of hydrogen-bond donors (Lipinski definition) is 0. The summed E-state index contributed by atoms with van der Waals surface area (Å²) in [4.78, 5) is 25.1. The third-order valence-corrected chi connectivity index (χ3v) is 4.69. The molecule has 6 heteroatoms. The fourth-order valence-electron chi connectivity index (χ4n) is 2.89. The van der Waals surface area contributed by atoms with Crippen molar-refractivity contribution in [3.8, 4) is 22.6 Å². The zero-order chi connectivity index (χ0) is 20.4. The van der Waals surface area contributed by atoms with Gasteiger partial charge in [-0.1, -0.05) is 23.7 Å². The number of hydrogen-bond acceptors (Lipinski definition) is 5. The lowest BCUT2D eigenvalue weighted by Crippen LogP contribution is -2.09. The summed E-state index contributed by atoms with van der Waals surface area (Å²) in [5.74, 6) is 0.446. The second-order valence-corrected chi connectivity index (χ2v) is 6.70. The number of halogens is 1. The number of carbonyl (C=O) groups excluding carboxylic acids is 1. The summed E-state index contributed by atoms with van der Waals surface area (Å²) >= 11 is 5.83. The van der Waals surface area contributed by atoms with Crippen molar-refractivity contribution in [3.05, 3.63) is 93.8 Å². The maximum atomic E-state index is 12.9. The van der Waals surface area contributed by atoms with Gasteiger partial charge < -0.3 is 13.9 Å². The summed E-state index contributed by atoms with van der Waals surface area (Å²) in [5, 5.41) is 0.923. The van der Waals surface area contributed by atoms with Crippen LogP contribution in [0.2, 0.25) is 5.02 Å². The first-order valence-corrected chi connectivity index (χ1v) is 9.11. The molecule has 0 saturated carbocycles. The summed E-state index contributed by atoms with van der Waals surface area (Å²) < 4.78 is 16.1. The van der Waals surface area contributed by atoms with Gasteiger partial charge in [0, 0.05) is 11.1 Å². The molecule has 0 unspecified atom stereocenters. The standard InChI is InChI=1S/C23H15ClO5/c1-27-17-8-4-14(5-9-17)20-13-28-21-12-18(10-11-19(21)22(20)25)29-23(26)15-2-6-16(24)7-3-15/h2-13H,1H3. The molecule has 0 fully saturated rings. The summed E-state index contributed by atoms with van der Waals surface area (Å²) in [6.45, 7) is 0. The van der Waals surface area contributed by atoms with E-state index in [9.17, 15) is 9.59 Å². The van der Waals surface area contributed by atoms with Gasteiger partial charge in [-0.05, 0) is 54.1 Å². The van der Waals surface area contributed by atoms with Crippen LogP contribution in [0.25, 0.3) is 22.1 Å². The van der Waals surface area contributed by atoms with Crippen LogP contribution in [0.15, 0.2) is 82.2 Å². The summed E-state index contributed by atoms with van der Waals surface area (Å²) in [5.41, 5.74) is 1.68. The van der Waals surface area contributed by atoms with E-state index in [2.05, 4.69) is 0 Å². The molecule has 5 nitrogen and oxygen atoms in total. The van der Waals surface area contributed by atoms with Crippen molar-refractivity contribution in [2.24, 2.45) is 0 Å². The Morgan fingerprint density at radius 2 is 1.62 bits per heavy atom. The second kappa shape index (κ2) is 7.81. The fourth-order valence-corrected chi connectivity index (χ4v) is 3.02. The quantitative estimate of drug-likeness (QED) is 0.338. The lowest BCUT2D eigenvalue weighted by atomic mass is 10.1. The van der Waals surface area contributed by atoms with Crippen LogP contribution in [-0.2, 0) is 0 Å². The van der Waals surface area contributed by atoms with Gasteiger partial charge in [-0.25, -0.2) is 4.79 Å². The molecule has 0 spiro atoms. The molecule has 0 bridgehead atoms. The average molecular weight is 407 g/mol. The Balaban J connectivity index is 1.64. The van der Waals surface area contributed by atoms with E-state index in [1.165, 1.54) is 12.3 Å². The Hall–Kier alpha value is -3.57. The van der Waals surface area contributed by atoms with Crippen molar-refractivity contribution in [1.29, 1.82) is 0 Å². The van der Waals surface area contributed by atoms with Crippen molar-refractivity contribution < 1.29 is 18.7 Å². The summed E-state index contributed by atoms with van der Waals surface area (Å²) in [6, 6.07) is 18.2. The first-order valence-electron chi connectivity index (χ1n) is 8.73.